The number of likely N-dealkylation sites (tertiary alicyclic amines) is 1. The summed E-state index contributed by atoms with van der Waals surface area (Å²) in [6.45, 7) is 7.34. The first-order chi connectivity index (χ1) is 19.9. The number of carbonyl (C=O) groups excluding carboxylic acids is 1. The summed E-state index contributed by atoms with van der Waals surface area (Å²) in [6.07, 6.45) is 4.62. The van der Waals surface area contributed by atoms with Gasteiger partial charge in [-0.3, -0.25) is 4.79 Å². The van der Waals surface area contributed by atoms with Gasteiger partial charge in [0.25, 0.3) is 5.56 Å². The molecule has 0 atom stereocenters. The van der Waals surface area contributed by atoms with Gasteiger partial charge in [0, 0.05) is 40.5 Å². The summed E-state index contributed by atoms with van der Waals surface area (Å²) in [6, 6.07) is 14.3. The lowest BCUT2D eigenvalue weighted by Gasteiger charge is -2.31. The number of hydrogen-bond donors (Lipinski definition) is 0. The average molecular weight is 569 g/mol. The van der Waals surface area contributed by atoms with Crippen LogP contribution in [0.15, 0.2) is 77.4 Å². The summed E-state index contributed by atoms with van der Waals surface area (Å²) in [5.41, 5.74) is 2.55. The lowest BCUT2D eigenvalue weighted by atomic mass is 9.98. The maximum Gasteiger partial charge on any atom is 0.414 e. The predicted molar refractivity (Wildman–Crippen MR) is 154 cm³/mol. The molecule has 4 heterocycles. The van der Waals surface area contributed by atoms with E-state index in [0.717, 1.165) is 28.8 Å². The predicted octanol–water partition coefficient (Wildman–Crippen LogP) is 5.11. The quantitative estimate of drug-likeness (QED) is 0.269. The summed E-state index contributed by atoms with van der Waals surface area (Å²) < 4.78 is 12.4. The van der Waals surface area contributed by atoms with Gasteiger partial charge in [-0.2, -0.15) is 10.4 Å². The van der Waals surface area contributed by atoms with Crippen LogP contribution in [0.3, 0.4) is 0 Å². The molecule has 0 spiro atoms. The summed E-state index contributed by atoms with van der Waals surface area (Å²) in [4.78, 5) is 36.1. The van der Waals surface area contributed by atoms with E-state index in [1.807, 2.05) is 17.5 Å². The highest BCUT2D eigenvalue weighted by Crippen LogP contribution is 2.25. The van der Waals surface area contributed by atoms with E-state index >= 15 is 0 Å². The van der Waals surface area contributed by atoms with Gasteiger partial charge in [-0.25, -0.2) is 19.4 Å². The molecule has 0 bridgehead atoms. The Balaban J connectivity index is 1.17. The van der Waals surface area contributed by atoms with E-state index in [-0.39, 0.29) is 11.7 Å². The SMILES string of the molecule is C=C(C)OC(=O)N1CCC(COc2cnc(-c3csc(Cn4nc(-c5cccc(C#N)c5)ccc4=O)c3)nc2)CC1. The van der Waals surface area contributed by atoms with Gasteiger partial charge < -0.3 is 14.4 Å². The van der Waals surface area contributed by atoms with Crippen molar-refractivity contribution >= 4 is 17.4 Å². The molecule has 1 aliphatic rings. The van der Waals surface area contributed by atoms with Crippen LogP contribution in [0.5, 0.6) is 5.75 Å². The lowest BCUT2D eigenvalue weighted by molar-refractivity contribution is 0.100. The van der Waals surface area contributed by atoms with Gasteiger partial charge in [-0.15, -0.1) is 11.3 Å². The number of piperidine rings is 1. The van der Waals surface area contributed by atoms with Gasteiger partial charge in [0.2, 0.25) is 0 Å². The van der Waals surface area contributed by atoms with E-state index in [0.29, 0.717) is 60.7 Å². The van der Waals surface area contributed by atoms with Crippen LogP contribution in [-0.4, -0.2) is 50.4 Å². The molecule has 1 amide bonds. The van der Waals surface area contributed by atoms with Gasteiger partial charge in [0.1, 0.15) is 0 Å². The molecular formula is C30H28N6O4S. The third-order valence-electron chi connectivity index (χ3n) is 6.62. The van der Waals surface area contributed by atoms with E-state index < -0.39 is 0 Å². The molecule has 5 rings (SSSR count). The first-order valence-corrected chi connectivity index (χ1v) is 14.0. The average Bonchev–Trinajstić information content (AvgIpc) is 3.46. The highest BCUT2D eigenvalue weighted by molar-refractivity contribution is 7.10. The number of nitriles is 1. The second kappa shape index (κ2) is 12.6. The van der Waals surface area contributed by atoms with Crippen molar-refractivity contribution in [1.82, 2.24) is 24.6 Å². The molecule has 0 aliphatic carbocycles. The fourth-order valence-corrected chi connectivity index (χ4v) is 5.29. The molecular weight excluding hydrogens is 540 g/mol. The normalized spacial score (nSPS) is 13.4. The number of allylic oxidation sites excluding steroid dienone is 1. The van der Waals surface area contributed by atoms with E-state index in [9.17, 15) is 14.9 Å². The highest BCUT2D eigenvalue weighted by atomic mass is 32.1. The van der Waals surface area contributed by atoms with E-state index in [1.165, 1.54) is 22.1 Å². The second-order valence-electron chi connectivity index (χ2n) is 9.76. The Morgan fingerprint density at radius 1 is 1.15 bits per heavy atom. The molecule has 0 unspecified atom stereocenters. The Labute approximate surface area is 241 Å². The standard InChI is InChI=1S/C30H28N6O4S/c1-20(2)40-30(38)35-10-8-21(9-11-35)18-39-25-15-32-29(33-16-25)24-13-26(41-19-24)17-36-28(37)7-6-27(34-36)23-5-3-4-22(12-23)14-31/h3-7,12-13,15-16,19,21H,1,8-11,17-18H2,2H3. The molecule has 41 heavy (non-hydrogen) atoms. The van der Waals surface area contributed by atoms with Crippen LogP contribution < -0.4 is 10.3 Å². The summed E-state index contributed by atoms with van der Waals surface area (Å²) in [5.74, 6) is 1.86. The maximum absolute atomic E-state index is 12.5. The van der Waals surface area contributed by atoms with Crippen molar-refractivity contribution in [3.8, 4) is 34.5 Å². The Kier molecular flexibility index (Phi) is 8.50. The number of thiophene rings is 1. The molecule has 11 heteroatoms. The van der Waals surface area contributed by atoms with Crippen LogP contribution in [0.25, 0.3) is 22.6 Å². The Morgan fingerprint density at radius 2 is 1.93 bits per heavy atom. The minimum Gasteiger partial charge on any atom is -0.490 e. The highest BCUT2D eigenvalue weighted by Gasteiger charge is 2.24. The van der Waals surface area contributed by atoms with Crippen LogP contribution in [0, 0.1) is 17.2 Å². The van der Waals surface area contributed by atoms with Gasteiger partial charge in [0.15, 0.2) is 11.6 Å². The van der Waals surface area contributed by atoms with Crippen LogP contribution >= 0.6 is 11.3 Å². The van der Waals surface area contributed by atoms with Crippen molar-refractivity contribution < 1.29 is 14.3 Å². The fraction of sp³-hybridized carbons (Fsp3) is 0.267. The summed E-state index contributed by atoms with van der Waals surface area (Å²) >= 11 is 1.50. The molecule has 0 radical (unpaired) electrons. The second-order valence-corrected chi connectivity index (χ2v) is 10.8. The van der Waals surface area contributed by atoms with E-state index in [1.54, 1.807) is 48.5 Å². The third kappa shape index (κ3) is 7.04. The largest absolute Gasteiger partial charge is 0.490 e. The van der Waals surface area contributed by atoms with Crippen molar-refractivity contribution in [2.24, 2.45) is 5.92 Å². The van der Waals surface area contributed by atoms with Crippen molar-refractivity contribution in [3.05, 3.63) is 93.4 Å². The Bertz CT molecular complexity index is 1650. The molecule has 10 nitrogen and oxygen atoms in total. The van der Waals surface area contributed by atoms with Crippen LogP contribution in [0.2, 0.25) is 0 Å². The van der Waals surface area contributed by atoms with Crippen molar-refractivity contribution in [2.75, 3.05) is 19.7 Å². The molecule has 0 N–H and O–H groups in total. The fourth-order valence-electron chi connectivity index (χ4n) is 4.44. The minimum atomic E-state index is -0.350. The zero-order chi connectivity index (χ0) is 28.8. The Morgan fingerprint density at radius 3 is 2.66 bits per heavy atom. The zero-order valence-corrected chi connectivity index (χ0v) is 23.3. The number of ether oxygens (including phenoxy) is 2. The molecule has 4 aromatic rings. The van der Waals surface area contributed by atoms with Gasteiger partial charge in [0.05, 0.1) is 48.6 Å². The number of benzene rings is 1. The number of rotatable bonds is 8. The number of hydrogen-bond acceptors (Lipinski definition) is 9. The molecule has 1 fully saturated rings. The maximum atomic E-state index is 12.5. The number of aromatic nitrogens is 4. The van der Waals surface area contributed by atoms with Gasteiger partial charge >= 0.3 is 6.09 Å². The smallest absolute Gasteiger partial charge is 0.414 e. The first-order valence-electron chi connectivity index (χ1n) is 13.1. The number of amides is 1. The third-order valence-corrected chi connectivity index (χ3v) is 7.54. The minimum absolute atomic E-state index is 0.213. The summed E-state index contributed by atoms with van der Waals surface area (Å²) in [5, 5.41) is 15.6. The number of carbonyl (C=O) groups is 1. The Hall–Kier alpha value is -4.82. The van der Waals surface area contributed by atoms with E-state index in [4.69, 9.17) is 9.47 Å². The van der Waals surface area contributed by atoms with Crippen LogP contribution in [-0.2, 0) is 11.3 Å². The molecule has 1 aliphatic heterocycles. The molecule has 0 saturated carbocycles. The molecule has 3 aromatic heterocycles. The van der Waals surface area contributed by atoms with Crippen LogP contribution in [0.4, 0.5) is 4.79 Å². The monoisotopic (exact) mass is 568 g/mol. The molecule has 1 aromatic carbocycles. The van der Waals surface area contributed by atoms with Crippen LogP contribution in [0.1, 0.15) is 30.2 Å². The van der Waals surface area contributed by atoms with Crippen molar-refractivity contribution in [2.45, 2.75) is 26.3 Å². The van der Waals surface area contributed by atoms with Gasteiger partial charge in [-0.05, 0) is 49.9 Å². The number of nitrogens with zero attached hydrogens (tertiary/aromatic N) is 6. The van der Waals surface area contributed by atoms with E-state index in [2.05, 4.69) is 27.7 Å². The van der Waals surface area contributed by atoms with Crippen molar-refractivity contribution in [3.63, 3.8) is 0 Å². The molecule has 208 valence electrons. The van der Waals surface area contributed by atoms with Crippen molar-refractivity contribution in [1.29, 1.82) is 5.26 Å². The lowest BCUT2D eigenvalue weighted by Crippen LogP contribution is -2.39. The summed E-state index contributed by atoms with van der Waals surface area (Å²) in [7, 11) is 0. The topological polar surface area (TPSA) is 123 Å². The van der Waals surface area contributed by atoms with Gasteiger partial charge in [-0.1, -0.05) is 18.7 Å². The molecule has 1 saturated heterocycles. The zero-order valence-electron chi connectivity index (χ0n) is 22.5. The first kappa shape index (κ1) is 27.7.